The largest absolute Gasteiger partial charge is 0.477 e. The van der Waals surface area contributed by atoms with E-state index in [4.69, 9.17) is 45.3 Å². The first-order valence-corrected chi connectivity index (χ1v) is 15.7. The molecule has 0 aliphatic rings. The Hall–Kier alpha value is -7.41. The number of nitrogens with two attached hydrogens (primary N) is 2. The van der Waals surface area contributed by atoms with Gasteiger partial charge in [0.25, 0.3) is 0 Å². The van der Waals surface area contributed by atoms with Gasteiger partial charge in [-0.1, -0.05) is 28.3 Å². The third kappa shape index (κ3) is 17.9. The first-order valence-electron chi connectivity index (χ1n) is 14.9. The third-order valence-electron chi connectivity index (χ3n) is 5.71. The summed E-state index contributed by atoms with van der Waals surface area (Å²) < 4.78 is 17.7. The van der Waals surface area contributed by atoms with Crippen molar-refractivity contribution >= 4 is 70.1 Å². The first-order chi connectivity index (χ1) is 26.7. The Morgan fingerprint density at radius 1 is 0.571 bits per heavy atom. The van der Waals surface area contributed by atoms with E-state index >= 15 is 0 Å². The number of esters is 4. The summed E-state index contributed by atoms with van der Waals surface area (Å²) in [6.45, 7) is 0. The molecule has 0 saturated heterocycles. The van der Waals surface area contributed by atoms with E-state index in [0.717, 1.165) is 0 Å². The zero-order valence-electron chi connectivity index (χ0n) is 29.8. The van der Waals surface area contributed by atoms with E-state index < -0.39 is 29.8 Å². The molecule has 0 spiro atoms. The van der Waals surface area contributed by atoms with Gasteiger partial charge < -0.3 is 35.5 Å². The minimum Gasteiger partial charge on any atom is -0.477 e. The minimum atomic E-state index is -1.07. The van der Waals surface area contributed by atoms with E-state index in [-0.39, 0.29) is 28.5 Å². The average Bonchev–Trinajstić information content (AvgIpc) is 3.20. The van der Waals surface area contributed by atoms with Crippen LogP contribution in [0.4, 0.5) is 17.1 Å². The molecular weight excluding hydrogens is 779 g/mol. The Morgan fingerprint density at radius 3 is 1.21 bits per heavy atom. The molecule has 0 bridgehead atoms. The van der Waals surface area contributed by atoms with Crippen LogP contribution in [-0.2, 0) is 18.9 Å². The van der Waals surface area contributed by atoms with E-state index in [1.165, 1.54) is 102 Å². The molecule has 20 nitrogen and oxygen atoms in total. The summed E-state index contributed by atoms with van der Waals surface area (Å²) >= 11 is 11.1. The van der Waals surface area contributed by atoms with E-state index in [9.17, 15) is 24.0 Å². The van der Waals surface area contributed by atoms with Gasteiger partial charge in [0.2, 0.25) is 0 Å². The number of aromatic carboxylic acids is 1. The number of pyridine rings is 5. The molecule has 5 heterocycles. The average molecular weight is 812 g/mol. The van der Waals surface area contributed by atoms with Crippen LogP contribution in [0.5, 0.6) is 0 Å². The highest BCUT2D eigenvalue weighted by Crippen LogP contribution is 2.12. The van der Waals surface area contributed by atoms with Crippen molar-refractivity contribution in [1.29, 1.82) is 0 Å². The van der Waals surface area contributed by atoms with Gasteiger partial charge in [-0.25, -0.2) is 48.9 Å². The molecule has 0 amide bonds. The van der Waals surface area contributed by atoms with Crippen LogP contribution in [0.3, 0.4) is 0 Å². The zero-order valence-corrected chi connectivity index (χ0v) is 31.3. The summed E-state index contributed by atoms with van der Waals surface area (Å²) in [5.74, 6) is -3.06. The second kappa shape index (κ2) is 25.5. The van der Waals surface area contributed by atoms with E-state index in [1.54, 1.807) is 18.2 Å². The number of ether oxygens (including phenoxy) is 4. The molecule has 0 saturated carbocycles. The predicted octanol–water partition coefficient (Wildman–Crippen LogP) is 5.67. The van der Waals surface area contributed by atoms with Crippen molar-refractivity contribution in [2.75, 3.05) is 39.9 Å². The highest BCUT2D eigenvalue weighted by Gasteiger charge is 2.08. The maximum atomic E-state index is 11.0. The fourth-order valence-corrected chi connectivity index (χ4v) is 3.54. The number of carboxylic acid groups (broad SMARTS) is 1. The number of nitrogen functional groups attached to an aromatic ring is 2. The Bertz CT molecular complexity index is 2020. The zero-order chi connectivity index (χ0) is 42.0. The molecule has 5 N–H and O–H groups in total. The smallest absolute Gasteiger partial charge is 0.356 e. The molecule has 0 aliphatic heterocycles. The third-order valence-corrected chi connectivity index (χ3v) is 6.18. The molecule has 292 valence electrons. The summed E-state index contributed by atoms with van der Waals surface area (Å²) in [6.07, 6.45) is 7.10. The summed E-state index contributed by atoms with van der Waals surface area (Å²) in [7, 11) is 5.15. The molecule has 0 aliphatic carbocycles. The molecule has 5 aromatic heterocycles. The lowest BCUT2D eigenvalue weighted by molar-refractivity contribution is 0.0585. The van der Waals surface area contributed by atoms with Crippen molar-refractivity contribution in [3.8, 4) is 0 Å². The van der Waals surface area contributed by atoms with Gasteiger partial charge in [0.05, 0.1) is 28.4 Å². The Morgan fingerprint density at radius 2 is 0.893 bits per heavy atom. The standard InChI is InChI=1S/C7H6ClNO2.C7H6N4O2.2C7H8N2O2.C6H4ClNO2/c1-11-7(10)6-4-5(8)2-3-9-6;1-13-7(12)6-4-5(10-11-8)2-3-9-6;2*1-11-7(10)6-4-5(8)2-3-9-6;7-4-1-2-8-5(3-4)6(9)10/h2-4H,1H3;2-4H,1H3;2*2-4H,1H3,(H2,8,9);1-3H,(H,9,10). The molecule has 0 atom stereocenters. The van der Waals surface area contributed by atoms with Crippen LogP contribution in [0, 0.1) is 0 Å². The Balaban J connectivity index is 0.000000351. The highest BCUT2D eigenvalue weighted by molar-refractivity contribution is 6.31. The van der Waals surface area contributed by atoms with Crippen molar-refractivity contribution in [3.63, 3.8) is 0 Å². The van der Waals surface area contributed by atoms with E-state index in [1.807, 2.05) is 0 Å². The van der Waals surface area contributed by atoms with Gasteiger partial charge in [-0.15, -0.1) is 0 Å². The van der Waals surface area contributed by atoms with Crippen molar-refractivity contribution in [2.45, 2.75) is 0 Å². The summed E-state index contributed by atoms with van der Waals surface area (Å²) in [4.78, 5) is 74.8. The fourth-order valence-electron chi connectivity index (χ4n) is 3.22. The maximum Gasteiger partial charge on any atom is 0.356 e. The number of hydrogen-bond donors (Lipinski definition) is 3. The second-order valence-corrected chi connectivity index (χ2v) is 10.4. The van der Waals surface area contributed by atoms with Crippen LogP contribution >= 0.6 is 23.2 Å². The number of halogens is 2. The number of carbonyl (C=O) groups is 5. The number of anilines is 2. The molecule has 0 unspecified atom stereocenters. The van der Waals surface area contributed by atoms with Crippen molar-refractivity contribution in [2.24, 2.45) is 5.11 Å². The number of azide groups is 1. The lowest BCUT2D eigenvalue weighted by Crippen LogP contribution is -2.04. The summed E-state index contributed by atoms with van der Waals surface area (Å²) in [6, 6.07) is 14.8. The number of methoxy groups -OCH3 is 4. The molecule has 0 fully saturated rings. The van der Waals surface area contributed by atoms with Gasteiger partial charge in [0.15, 0.2) is 0 Å². The van der Waals surface area contributed by atoms with E-state index in [0.29, 0.717) is 27.1 Å². The van der Waals surface area contributed by atoms with Gasteiger partial charge in [-0.2, -0.15) is 0 Å². The van der Waals surface area contributed by atoms with Crippen LogP contribution in [0.1, 0.15) is 52.4 Å². The number of hydrogen-bond acceptors (Lipinski definition) is 17. The normalized spacial score (nSPS) is 9.11. The molecule has 56 heavy (non-hydrogen) atoms. The Labute approximate surface area is 328 Å². The lowest BCUT2D eigenvalue weighted by Gasteiger charge is -1.97. The number of carboxylic acids is 1. The number of carbonyl (C=O) groups excluding carboxylic acids is 4. The van der Waals surface area contributed by atoms with Gasteiger partial charge in [-0.3, -0.25) is 0 Å². The quantitative estimate of drug-likeness (QED) is 0.0612. The predicted molar refractivity (Wildman–Crippen MR) is 201 cm³/mol. The van der Waals surface area contributed by atoms with Gasteiger partial charge in [0.1, 0.15) is 28.5 Å². The number of nitrogens with zero attached hydrogens (tertiary/aromatic N) is 8. The number of rotatable bonds is 6. The van der Waals surface area contributed by atoms with Gasteiger partial charge in [-0.05, 0) is 66.2 Å². The lowest BCUT2D eigenvalue weighted by atomic mass is 10.3. The minimum absolute atomic E-state index is 0.0347. The fraction of sp³-hybridized carbons (Fsp3) is 0.118. The second-order valence-electron chi connectivity index (χ2n) is 9.53. The Kier molecular flexibility index (Phi) is 21.3. The molecule has 0 aromatic carbocycles. The molecule has 22 heteroatoms. The monoisotopic (exact) mass is 810 g/mol. The molecular formula is C34H32Cl2N10O10. The van der Waals surface area contributed by atoms with Crippen LogP contribution < -0.4 is 11.5 Å². The SMILES string of the molecule is COC(=O)c1cc(Cl)ccn1.COC(=O)c1cc(N)ccn1.COC(=O)c1cc(N)ccn1.COC(=O)c1cc(N=[N+]=[N-])ccn1.O=C(O)c1cc(Cl)ccn1. The first kappa shape index (κ1) is 46.6. The summed E-state index contributed by atoms with van der Waals surface area (Å²) in [5.41, 5.74) is 21.0. The van der Waals surface area contributed by atoms with E-state index in [2.05, 4.69) is 53.9 Å². The maximum absolute atomic E-state index is 11.0. The number of aromatic nitrogens is 5. The van der Waals surface area contributed by atoms with Crippen molar-refractivity contribution in [1.82, 2.24) is 24.9 Å². The highest BCUT2D eigenvalue weighted by atomic mass is 35.5. The van der Waals surface area contributed by atoms with Crippen molar-refractivity contribution < 1.29 is 48.0 Å². The molecule has 5 rings (SSSR count). The molecule has 5 aromatic rings. The summed E-state index contributed by atoms with van der Waals surface area (Å²) in [5, 5.41) is 12.6. The topological polar surface area (TPSA) is 308 Å². The van der Waals surface area contributed by atoms with Crippen LogP contribution in [0.25, 0.3) is 10.4 Å². The van der Waals surface area contributed by atoms with Gasteiger partial charge in [0, 0.05) is 63.0 Å². The molecule has 0 radical (unpaired) electrons. The van der Waals surface area contributed by atoms with Gasteiger partial charge >= 0.3 is 29.8 Å². The van der Waals surface area contributed by atoms with Crippen LogP contribution in [0.2, 0.25) is 10.0 Å². The van der Waals surface area contributed by atoms with Crippen LogP contribution in [-0.4, -0.2) is 88.3 Å². The van der Waals surface area contributed by atoms with Crippen LogP contribution in [0.15, 0.2) is 96.8 Å². The van der Waals surface area contributed by atoms with Crippen molar-refractivity contribution in [3.05, 3.63) is 141 Å².